The molecule has 0 aromatic rings. The lowest BCUT2D eigenvalue weighted by atomic mass is 11.9. The molecule has 2 N–H and O–H groups in total. The maximum atomic E-state index is 7.94. The molecule has 0 amide bonds. The van der Waals surface area contributed by atoms with Gasteiger partial charge in [0.15, 0.2) is 0 Å². The van der Waals surface area contributed by atoms with Crippen LogP contribution >= 0.6 is 10.00 Å². The van der Waals surface area contributed by atoms with Crippen LogP contribution < -0.4 is 0 Å². The lowest BCUT2D eigenvalue weighted by molar-refractivity contribution is 0.519. The molecule has 0 saturated carbocycles. The summed E-state index contributed by atoms with van der Waals surface area (Å²) >= 11 is 0. The van der Waals surface area contributed by atoms with Crippen molar-refractivity contribution in [2.75, 3.05) is 6.26 Å². The summed E-state index contributed by atoms with van der Waals surface area (Å²) in [4.78, 5) is 0. The van der Waals surface area contributed by atoms with Crippen molar-refractivity contribution >= 4 is 10.00 Å². The summed E-state index contributed by atoms with van der Waals surface area (Å²) in [6.07, 6.45) is 1.16. The molecule has 0 fully saturated rings. The van der Waals surface area contributed by atoms with Crippen LogP contribution in [0.3, 0.4) is 0 Å². The second kappa shape index (κ2) is 1.03. The quantitative estimate of drug-likeness (QED) is 0.469. The Morgan fingerprint density at radius 1 is 1.60 bits per heavy atom. The first-order valence-corrected chi connectivity index (χ1v) is 3.03. The molecule has 0 atom stereocenters. The molecule has 0 rings (SSSR count). The van der Waals surface area contributed by atoms with E-state index in [0.717, 1.165) is 6.26 Å². The van der Waals surface area contributed by atoms with Crippen molar-refractivity contribution in [3.63, 3.8) is 0 Å². The molecule has 0 aliphatic heterocycles. The van der Waals surface area contributed by atoms with E-state index in [-0.39, 0.29) is 0 Å². The van der Waals surface area contributed by atoms with Crippen LogP contribution in [0.4, 0.5) is 0 Å². The molecule has 32 valence electrons. The summed E-state index contributed by atoms with van der Waals surface area (Å²) in [7, 11) is -2.67. The third-order valence-electron chi connectivity index (χ3n) is 0. The first-order valence-electron chi connectivity index (χ1n) is 1.01. The van der Waals surface area contributed by atoms with Crippen LogP contribution in [0.1, 0.15) is 0 Å². The fourth-order valence-electron chi connectivity index (χ4n) is 0. The first-order chi connectivity index (χ1) is 2.00. The summed E-state index contributed by atoms with van der Waals surface area (Å²) in [5.74, 6) is 0. The van der Waals surface area contributed by atoms with Crippen molar-refractivity contribution in [1.82, 2.24) is 0 Å². The molecule has 0 aliphatic rings. The van der Waals surface area contributed by atoms with Crippen LogP contribution in [0.5, 0.6) is 0 Å². The van der Waals surface area contributed by atoms with Gasteiger partial charge in [-0.05, 0) is 0 Å². The molecular formula is C2H6O2S. The van der Waals surface area contributed by atoms with Crippen LogP contribution in [0.25, 0.3) is 0 Å². The lowest BCUT2D eigenvalue weighted by Gasteiger charge is -1.92. The van der Waals surface area contributed by atoms with Gasteiger partial charge in [-0.2, -0.15) is 0 Å². The van der Waals surface area contributed by atoms with E-state index in [1.54, 1.807) is 0 Å². The Morgan fingerprint density at radius 2 is 1.60 bits per heavy atom. The van der Waals surface area contributed by atoms with Gasteiger partial charge in [0.05, 0.1) is 0 Å². The molecule has 0 bridgehead atoms. The molecule has 0 aromatic carbocycles. The number of hydrogen-bond acceptors (Lipinski definition) is 2. The predicted octanol–water partition coefficient (Wildman–Crippen LogP) is 0.956. The lowest BCUT2D eigenvalue weighted by Crippen LogP contribution is -1.67. The normalized spacial score (nSPS) is 11.6. The number of hydrogen-bond donors (Lipinski definition) is 2. The third kappa shape index (κ3) is 6810. The van der Waals surface area contributed by atoms with Crippen molar-refractivity contribution in [3.05, 3.63) is 0 Å². The molecule has 0 aromatic heterocycles. The maximum Gasteiger partial charge on any atom is 0.0203 e. The Morgan fingerprint density at radius 3 is 1.60 bits per heavy atom. The van der Waals surface area contributed by atoms with E-state index >= 15 is 0 Å². The van der Waals surface area contributed by atoms with Gasteiger partial charge >= 0.3 is 0 Å². The summed E-state index contributed by atoms with van der Waals surface area (Å²) in [5, 5.41) is 0. The van der Waals surface area contributed by atoms with Gasteiger partial charge in [0.25, 0.3) is 0 Å². The Kier molecular flexibility index (Phi) is 1.04. The highest BCUT2D eigenvalue weighted by Crippen LogP contribution is 2.09. The van der Waals surface area contributed by atoms with Crippen molar-refractivity contribution in [3.8, 4) is 5.69 Å². The van der Waals surface area contributed by atoms with Gasteiger partial charge in [-0.3, -0.25) is 0 Å². The standard InChI is InChI=1S/C2H6O2S/c1-5(2,3)4/h1,3-4H,2H3. The van der Waals surface area contributed by atoms with Gasteiger partial charge in [0, 0.05) is 16.3 Å². The molecule has 0 heterocycles. The van der Waals surface area contributed by atoms with Crippen LogP contribution in [-0.2, 0) is 0 Å². The van der Waals surface area contributed by atoms with Crippen molar-refractivity contribution in [1.29, 1.82) is 0 Å². The Bertz CT molecular complexity index is 86.8. The van der Waals surface area contributed by atoms with E-state index in [0.29, 0.717) is 0 Å². The smallest absolute Gasteiger partial charge is 0.0203 e. The van der Waals surface area contributed by atoms with Gasteiger partial charge in [0.2, 0.25) is 0 Å². The van der Waals surface area contributed by atoms with Crippen LogP contribution in [0.15, 0.2) is 0 Å². The monoisotopic (exact) mass is 94.0 g/mol. The first kappa shape index (κ1) is 5.05. The zero-order chi connectivity index (χ0) is 4.50. The summed E-state index contributed by atoms with van der Waals surface area (Å²) < 4.78 is 15.9. The molecule has 0 radical (unpaired) electrons. The highest BCUT2D eigenvalue weighted by Gasteiger charge is 1.75. The van der Waals surface area contributed by atoms with Crippen molar-refractivity contribution in [2.24, 2.45) is 0 Å². The van der Waals surface area contributed by atoms with E-state index in [9.17, 15) is 0 Å². The summed E-state index contributed by atoms with van der Waals surface area (Å²) in [6.45, 7) is 0. The van der Waals surface area contributed by atoms with Gasteiger partial charge in [-0.15, -0.1) is 0 Å². The maximum absolute atomic E-state index is 7.94. The van der Waals surface area contributed by atoms with Crippen LogP contribution in [0.2, 0.25) is 0 Å². The van der Waals surface area contributed by atoms with E-state index < -0.39 is 10.00 Å². The minimum Gasteiger partial charge on any atom is -0.320 e. The SMILES string of the molecule is C#S(C)(O)O. The van der Waals surface area contributed by atoms with Gasteiger partial charge < -0.3 is 9.11 Å². The molecule has 2 nitrogen and oxygen atoms in total. The minimum absolute atomic E-state index is 1.16. The average molecular weight is 94.1 g/mol. The predicted molar refractivity (Wildman–Crippen MR) is 23.7 cm³/mol. The van der Waals surface area contributed by atoms with Gasteiger partial charge in [-0.1, -0.05) is 5.69 Å². The largest absolute Gasteiger partial charge is 0.320 e. The molecule has 0 aliphatic carbocycles. The Balaban J connectivity index is 3.66. The molecule has 0 spiro atoms. The van der Waals surface area contributed by atoms with Gasteiger partial charge in [-0.25, -0.2) is 0 Å². The third-order valence-corrected chi connectivity index (χ3v) is 0. The fourth-order valence-corrected chi connectivity index (χ4v) is 0. The molecule has 5 heavy (non-hydrogen) atoms. The highest BCUT2D eigenvalue weighted by atomic mass is 32.3. The van der Waals surface area contributed by atoms with Gasteiger partial charge in [0.1, 0.15) is 0 Å². The molecule has 0 saturated heterocycles. The highest BCUT2D eigenvalue weighted by molar-refractivity contribution is 8.13. The second-order valence-electron chi connectivity index (χ2n) is 0.893. The Labute approximate surface area is 32.0 Å². The van der Waals surface area contributed by atoms with E-state index in [4.69, 9.17) is 9.11 Å². The molecule has 0 unspecified atom stereocenters. The summed E-state index contributed by atoms with van der Waals surface area (Å²) in [5.41, 5.74) is 4.55. The fraction of sp³-hybridized carbons (Fsp3) is 0.500. The second-order valence-corrected chi connectivity index (χ2v) is 2.68. The Hall–Kier alpha value is 0.0500. The molecule has 3 heteroatoms. The van der Waals surface area contributed by atoms with E-state index in [1.165, 1.54) is 0 Å². The van der Waals surface area contributed by atoms with Crippen LogP contribution in [0, 0.1) is 5.69 Å². The zero-order valence-electron chi connectivity index (χ0n) is 2.88. The average Bonchev–Trinajstić information content (AvgIpc) is 0.722. The van der Waals surface area contributed by atoms with E-state index in [2.05, 4.69) is 5.69 Å². The topological polar surface area (TPSA) is 40.5 Å². The molecular weight excluding hydrogens is 88.1 g/mol. The number of rotatable bonds is 0. The van der Waals surface area contributed by atoms with Crippen molar-refractivity contribution in [2.45, 2.75) is 0 Å². The van der Waals surface area contributed by atoms with Crippen LogP contribution in [-0.4, -0.2) is 15.4 Å². The van der Waals surface area contributed by atoms with Crippen molar-refractivity contribution < 1.29 is 9.11 Å². The summed E-state index contributed by atoms with van der Waals surface area (Å²) in [6, 6.07) is 0. The zero-order valence-corrected chi connectivity index (χ0v) is 3.70. The minimum atomic E-state index is -2.67. The van der Waals surface area contributed by atoms with E-state index in [1.807, 2.05) is 0 Å².